The van der Waals surface area contributed by atoms with E-state index in [0.717, 1.165) is 37.8 Å². The molecular weight excluding hydrogens is 428 g/mol. The monoisotopic (exact) mass is 456 g/mol. The fraction of sp³-hybridized carbons (Fsp3) is 0.440. The lowest BCUT2D eigenvalue weighted by Crippen LogP contribution is -2.46. The molecule has 170 valence electrons. The maximum absolute atomic E-state index is 13.5. The smallest absolute Gasteiger partial charge is 0.253 e. The van der Waals surface area contributed by atoms with E-state index in [1.165, 1.54) is 0 Å². The van der Waals surface area contributed by atoms with Gasteiger partial charge in [0.25, 0.3) is 5.91 Å². The maximum Gasteiger partial charge on any atom is 0.253 e. The molecule has 6 nitrogen and oxygen atoms in total. The number of hydrogen-bond donors (Lipinski definition) is 0. The summed E-state index contributed by atoms with van der Waals surface area (Å²) in [6.45, 7) is 1.86. The lowest BCUT2D eigenvalue weighted by atomic mass is 9.94. The molecule has 2 unspecified atom stereocenters. The van der Waals surface area contributed by atoms with Gasteiger partial charge in [-0.2, -0.15) is 0 Å². The molecule has 0 bridgehead atoms. The first-order valence-corrected chi connectivity index (χ1v) is 11.5. The molecule has 2 aromatic carbocycles. The first-order chi connectivity index (χ1) is 15.5. The molecule has 2 amide bonds. The molecule has 2 fully saturated rings. The van der Waals surface area contributed by atoms with Crippen molar-refractivity contribution in [3.63, 3.8) is 0 Å². The molecule has 2 aromatic rings. The molecule has 0 radical (unpaired) electrons. The molecule has 0 spiro atoms. The van der Waals surface area contributed by atoms with Gasteiger partial charge in [0.05, 0.1) is 26.2 Å². The summed E-state index contributed by atoms with van der Waals surface area (Å²) in [6.07, 6.45) is 3.51. The number of amides is 2. The SMILES string of the molecule is COc1ccc(C2CCCN2C(=O)C2CCCN(C(=O)c3ccc(Cl)cc3)C2)cc1OC. The number of ether oxygens (including phenoxy) is 2. The molecule has 2 saturated heterocycles. The Hall–Kier alpha value is -2.73. The fourth-order valence-electron chi connectivity index (χ4n) is 4.81. The molecular formula is C25H29ClN2O4. The zero-order valence-corrected chi connectivity index (χ0v) is 19.3. The van der Waals surface area contributed by atoms with Gasteiger partial charge < -0.3 is 19.3 Å². The van der Waals surface area contributed by atoms with Gasteiger partial charge in [0.1, 0.15) is 0 Å². The molecule has 32 heavy (non-hydrogen) atoms. The summed E-state index contributed by atoms with van der Waals surface area (Å²) in [7, 11) is 3.23. The standard InChI is InChI=1S/C25H29ClN2O4/c1-31-22-12-9-18(15-23(22)32-2)21-6-4-14-28(21)25(30)19-5-3-13-27(16-19)24(29)17-7-10-20(26)11-8-17/h7-12,15,19,21H,3-6,13-14,16H2,1-2H3. The van der Waals surface area contributed by atoms with Crippen LogP contribution in [0.1, 0.15) is 47.6 Å². The van der Waals surface area contributed by atoms with Crippen molar-refractivity contribution in [1.29, 1.82) is 0 Å². The molecule has 2 aliphatic heterocycles. The van der Waals surface area contributed by atoms with Crippen molar-refractivity contribution in [1.82, 2.24) is 9.80 Å². The number of rotatable bonds is 5. The summed E-state index contributed by atoms with van der Waals surface area (Å²) in [6, 6.07) is 12.8. The molecule has 2 aliphatic rings. The van der Waals surface area contributed by atoms with E-state index in [2.05, 4.69) is 0 Å². The number of methoxy groups -OCH3 is 2. The van der Waals surface area contributed by atoms with E-state index in [0.29, 0.717) is 35.2 Å². The third kappa shape index (κ3) is 4.56. The first kappa shape index (κ1) is 22.5. The number of piperidine rings is 1. The topological polar surface area (TPSA) is 59.1 Å². The summed E-state index contributed by atoms with van der Waals surface area (Å²) >= 11 is 5.95. The van der Waals surface area contributed by atoms with Gasteiger partial charge >= 0.3 is 0 Å². The summed E-state index contributed by atoms with van der Waals surface area (Å²) in [5.74, 6) is 1.26. The van der Waals surface area contributed by atoms with E-state index in [1.807, 2.05) is 23.1 Å². The van der Waals surface area contributed by atoms with Gasteiger partial charge in [0, 0.05) is 30.2 Å². The predicted molar refractivity (Wildman–Crippen MR) is 123 cm³/mol. The number of halogens is 1. The van der Waals surface area contributed by atoms with Crippen molar-refractivity contribution in [3.8, 4) is 11.5 Å². The second kappa shape index (κ2) is 9.82. The van der Waals surface area contributed by atoms with Crippen LogP contribution in [0.25, 0.3) is 0 Å². The Morgan fingerprint density at radius 2 is 1.66 bits per heavy atom. The Kier molecular flexibility index (Phi) is 6.89. The Balaban J connectivity index is 1.48. The van der Waals surface area contributed by atoms with Crippen LogP contribution < -0.4 is 9.47 Å². The van der Waals surface area contributed by atoms with Crippen LogP contribution in [0.5, 0.6) is 11.5 Å². The van der Waals surface area contributed by atoms with E-state index < -0.39 is 0 Å². The third-order valence-electron chi connectivity index (χ3n) is 6.48. The van der Waals surface area contributed by atoms with Crippen LogP contribution in [-0.2, 0) is 4.79 Å². The Morgan fingerprint density at radius 1 is 0.938 bits per heavy atom. The van der Waals surface area contributed by atoms with Crippen LogP contribution >= 0.6 is 11.6 Å². The van der Waals surface area contributed by atoms with Crippen molar-refractivity contribution in [3.05, 3.63) is 58.6 Å². The highest BCUT2D eigenvalue weighted by atomic mass is 35.5. The Labute approximate surface area is 194 Å². The minimum Gasteiger partial charge on any atom is -0.493 e. The first-order valence-electron chi connectivity index (χ1n) is 11.1. The van der Waals surface area contributed by atoms with E-state index in [4.69, 9.17) is 21.1 Å². The number of benzene rings is 2. The lowest BCUT2D eigenvalue weighted by molar-refractivity contribution is -0.138. The molecule has 2 heterocycles. The van der Waals surface area contributed by atoms with E-state index >= 15 is 0 Å². The highest BCUT2D eigenvalue weighted by molar-refractivity contribution is 6.30. The van der Waals surface area contributed by atoms with Gasteiger partial charge in [0.15, 0.2) is 11.5 Å². The minimum atomic E-state index is -0.180. The van der Waals surface area contributed by atoms with Crippen molar-refractivity contribution < 1.29 is 19.1 Å². The van der Waals surface area contributed by atoms with Crippen molar-refractivity contribution in [2.75, 3.05) is 33.9 Å². The number of carbonyl (C=O) groups is 2. The fourth-order valence-corrected chi connectivity index (χ4v) is 4.94. The van der Waals surface area contributed by atoms with E-state index in [1.54, 1.807) is 43.4 Å². The van der Waals surface area contributed by atoms with Gasteiger partial charge in [-0.15, -0.1) is 0 Å². The van der Waals surface area contributed by atoms with Gasteiger partial charge in [-0.25, -0.2) is 0 Å². The highest BCUT2D eigenvalue weighted by Crippen LogP contribution is 2.38. The zero-order chi connectivity index (χ0) is 22.7. The third-order valence-corrected chi connectivity index (χ3v) is 6.73. The quantitative estimate of drug-likeness (QED) is 0.661. The predicted octanol–water partition coefficient (Wildman–Crippen LogP) is 4.57. The van der Waals surface area contributed by atoms with Crippen LogP contribution in [0, 0.1) is 5.92 Å². The molecule has 4 rings (SSSR count). The van der Waals surface area contributed by atoms with Crippen LogP contribution in [0.2, 0.25) is 5.02 Å². The second-order valence-electron chi connectivity index (χ2n) is 8.40. The van der Waals surface area contributed by atoms with Crippen molar-refractivity contribution in [2.24, 2.45) is 5.92 Å². The molecule has 0 aliphatic carbocycles. The average molecular weight is 457 g/mol. The zero-order valence-electron chi connectivity index (χ0n) is 18.6. The molecule has 0 aromatic heterocycles. The highest BCUT2D eigenvalue weighted by Gasteiger charge is 2.37. The Bertz CT molecular complexity index is 978. The number of carbonyl (C=O) groups excluding carboxylic acids is 2. The van der Waals surface area contributed by atoms with Crippen LogP contribution in [-0.4, -0.2) is 55.5 Å². The Morgan fingerprint density at radius 3 is 2.38 bits per heavy atom. The number of hydrogen-bond acceptors (Lipinski definition) is 4. The largest absolute Gasteiger partial charge is 0.493 e. The van der Waals surface area contributed by atoms with Crippen molar-refractivity contribution in [2.45, 2.75) is 31.7 Å². The van der Waals surface area contributed by atoms with Gasteiger partial charge in [-0.05, 0) is 67.6 Å². The summed E-state index contributed by atoms with van der Waals surface area (Å²) in [5, 5.41) is 0.600. The van der Waals surface area contributed by atoms with E-state index in [-0.39, 0.29) is 23.8 Å². The van der Waals surface area contributed by atoms with Crippen LogP contribution in [0.4, 0.5) is 0 Å². The summed E-state index contributed by atoms with van der Waals surface area (Å²) < 4.78 is 10.8. The molecule has 7 heteroatoms. The molecule has 0 N–H and O–H groups in total. The lowest BCUT2D eigenvalue weighted by Gasteiger charge is -2.36. The minimum absolute atomic E-state index is 0.0182. The van der Waals surface area contributed by atoms with Crippen LogP contribution in [0.15, 0.2) is 42.5 Å². The van der Waals surface area contributed by atoms with Gasteiger partial charge in [-0.3, -0.25) is 9.59 Å². The van der Waals surface area contributed by atoms with Crippen molar-refractivity contribution >= 4 is 23.4 Å². The number of nitrogens with zero attached hydrogens (tertiary/aromatic N) is 2. The normalized spacial score (nSPS) is 20.8. The maximum atomic E-state index is 13.5. The molecule has 0 saturated carbocycles. The number of likely N-dealkylation sites (tertiary alicyclic amines) is 2. The second-order valence-corrected chi connectivity index (χ2v) is 8.84. The summed E-state index contributed by atoms with van der Waals surface area (Å²) in [4.78, 5) is 30.3. The van der Waals surface area contributed by atoms with Gasteiger partial charge in [-0.1, -0.05) is 17.7 Å². The molecule has 2 atom stereocenters. The summed E-state index contributed by atoms with van der Waals surface area (Å²) in [5.41, 5.74) is 1.66. The van der Waals surface area contributed by atoms with Gasteiger partial charge in [0.2, 0.25) is 5.91 Å². The average Bonchev–Trinajstić information content (AvgIpc) is 3.33. The van der Waals surface area contributed by atoms with E-state index in [9.17, 15) is 9.59 Å². The van der Waals surface area contributed by atoms with Crippen LogP contribution in [0.3, 0.4) is 0 Å².